The van der Waals surface area contributed by atoms with Gasteiger partial charge in [-0.25, -0.2) is 0 Å². The smallest absolute Gasteiger partial charge is 0.256 e. The first-order valence-corrected chi connectivity index (χ1v) is 6.72. The number of hydrogen-bond acceptors (Lipinski definition) is 4. The van der Waals surface area contributed by atoms with Gasteiger partial charge in [0.05, 0.1) is 12.1 Å². The highest BCUT2D eigenvalue weighted by molar-refractivity contribution is 5.97. The van der Waals surface area contributed by atoms with Gasteiger partial charge in [0, 0.05) is 39.5 Å². The molecule has 1 saturated heterocycles. The van der Waals surface area contributed by atoms with Gasteiger partial charge in [-0.15, -0.1) is 0 Å². The van der Waals surface area contributed by atoms with Crippen LogP contribution >= 0.6 is 0 Å². The van der Waals surface area contributed by atoms with Gasteiger partial charge in [-0.3, -0.25) is 19.4 Å². The molecule has 1 aromatic rings. The first-order chi connectivity index (χ1) is 10.0. The second kappa shape index (κ2) is 6.34. The first-order valence-electron chi connectivity index (χ1n) is 6.72. The van der Waals surface area contributed by atoms with Crippen molar-refractivity contribution in [1.82, 2.24) is 20.1 Å². The Morgan fingerprint density at radius 1 is 1.33 bits per heavy atom. The minimum Gasteiger partial charge on any atom is -0.357 e. The molecule has 2 rings (SSSR count). The van der Waals surface area contributed by atoms with Crippen LogP contribution in [0.4, 0.5) is 0 Å². The maximum absolute atomic E-state index is 12.5. The molecule has 1 aliphatic rings. The number of amides is 3. The number of nitrogens with zero attached hydrogens (tertiary/aromatic N) is 3. The van der Waals surface area contributed by atoms with Crippen LogP contribution in [0.2, 0.25) is 0 Å². The van der Waals surface area contributed by atoms with E-state index in [1.807, 2.05) is 0 Å². The van der Waals surface area contributed by atoms with Crippen LogP contribution in [-0.2, 0) is 9.59 Å². The highest BCUT2D eigenvalue weighted by Gasteiger charge is 2.36. The van der Waals surface area contributed by atoms with E-state index in [0.717, 1.165) is 0 Å². The molecule has 7 heteroatoms. The molecule has 1 aromatic heterocycles. The third-order valence-corrected chi connectivity index (χ3v) is 3.54. The largest absolute Gasteiger partial charge is 0.357 e. The SMILES string of the molecule is CNC(=O)C1CN(C(C)=O)CCN1C(=O)c1cccnc1. The average Bonchev–Trinajstić information content (AvgIpc) is 2.53. The lowest BCUT2D eigenvalue weighted by molar-refractivity contribution is -0.135. The standard InChI is InChI=1S/C14H18N4O3/c1-10(19)17-6-7-18(12(9-17)13(20)15-2)14(21)11-4-3-5-16-8-11/h3-5,8,12H,6-7,9H2,1-2H3,(H,15,20). The van der Waals surface area contributed by atoms with E-state index in [9.17, 15) is 14.4 Å². The average molecular weight is 290 g/mol. The summed E-state index contributed by atoms with van der Waals surface area (Å²) >= 11 is 0. The maximum atomic E-state index is 12.5. The van der Waals surface area contributed by atoms with E-state index in [1.54, 1.807) is 23.2 Å². The van der Waals surface area contributed by atoms with Gasteiger partial charge < -0.3 is 15.1 Å². The third-order valence-electron chi connectivity index (χ3n) is 3.54. The van der Waals surface area contributed by atoms with Gasteiger partial charge in [0.15, 0.2) is 0 Å². The summed E-state index contributed by atoms with van der Waals surface area (Å²) in [5, 5.41) is 2.54. The molecule has 2 heterocycles. The quantitative estimate of drug-likeness (QED) is 0.796. The summed E-state index contributed by atoms with van der Waals surface area (Å²) in [7, 11) is 1.52. The van der Waals surface area contributed by atoms with Crippen molar-refractivity contribution in [3.63, 3.8) is 0 Å². The maximum Gasteiger partial charge on any atom is 0.256 e. The molecule has 1 unspecified atom stereocenters. The fraction of sp³-hybridized carbons (Fsp3) is 0.429. The summed E-state index contributed by atoms with van der Waals surface area (Å²) in [6.45, 7) is 2.42. The van der Waals surface area contributed by atoms with Crippen molar-refractivity contribution in [3.05, 3.63) is 30.1 Å². The highest BCUT2D eigenvalue weighted by Crippen LogP contribution is 2.14. The Bertz CT molecular complexity index is 546. The topological polar surface area (TPSA) is 82.6 Å². The number of piperazine rings is 1. The van der Waals surface area contributed by atoms with E-state index >= 15 is 0 Å². The number of likely N-dealkylation sites (N-methyl/N-ethyl adjacent to an activating group) is 1. The lowest BCUT2D eigenvalue weighted by Gasteiger charge is -2.40. The van der Waals surface area contributed by atoms with E-state index in [0.29, 0.717) is 18.7 Å². The lowest BCUT2D eigenvalue weighted by atomic mass is 10.1. The van der Waals surface area contributed by atoms with Gasteiger partial charge in [-0.05, 0) is 12.1 Å². The van der Waals surface area contributed by atoms with Crippen molar-refractivity contribution < 1.29 is 14.4 Å². The van der Waals surface area contributed by atoms with Crippen LogP contribution in [0, 0.1) is 0 Å². The predicted octanol–water partition coefficient (Wildman–Crippen LogP) is -0.499. The van der Waals surface area contributed by atoms with Gasteiger partial charge in [-0.2, -0.15) is 0 Å². The van der Waals surface area contributed by atoms with Crippen molar-refractivity contribution in [2.24, 2.45) is 0 Å². The molecule has 1 atom stereocenters. The molecule has 1 N–H and O–H groups in total. The Kier molecular flexibility index (Phi) is 4.52. The van der Waals surface area contributed by atoms with Gasteiger partial charge in [0.2, 0.25) is 11.8 Å². The Morgan fingerprint density at radius 3 is 2.67 bits per heavy atom. The third kappa shape index (κ3) is 3.18. The van der Waals surface area contributed by atoms with E-state index in [-0.39, 0.29) is 24.3 Å². The summed E-state index contributed by atoms with van der Waals surface area (Å²) in [4.78, 5) is 43.0. The molecule has 1 aliphatic heterocycles. The van der Waals surface area contributed by atoms with Crippen molar-refractivity contribution in [2.75, 3.05) is 26.7 Å². The zero-order chi connectivity index (χ0) is 15.4. The number of pyridine rings is 1. The zero-order valence-corrected chi connectivity index (χ0v) is 12.1. The van der Waals surface area contributed by atoms with Crippen LogP contribution in [-0.4, -0.2) is 65.2 Å². The summed E-state index contributed by atoms with van der Waals surface area (Å²) in [6, 6.07) is 2.65. The van der Waals surface area contributed by atoms with Gasteiger partial charge in [-0.1, -0.05) is 0 Å². The fourth-order valence-corrected chi connectivity index (χ4v) is 2.36. The molecule has 3 amide bonds. The van der Waals surface area contributed by atoms with Crippen LogP contribution in [0.15, 0.2) is 24.5 Å². The summed E-state index contributed by atoms with van der Waals surface area (Å²) in [5.41, 5.74) is 0.433. The lowest BCUT2D eigenvalue weighted by Crippen LogP contribution is -2.61. The zero-order valence-electron chi connectivity index (χ0n) is 12.1. The normalized spacial score (nSPS) is 18.3. The number of carbonyl (C=O) groups is 3. The van der Waals surface area contributed by atoms with Crippen LogP contribution in [0.1, 0.15) is 17.3 Å². The summed E-state index contributed by atoms with van der Waals surface area (Å²) < 4.78 is 0. The van der Waals surface area contributed by atoms with E-state index in [2.05, 4.69) is 10.3 Å². The second-order valence-electron chi connectivity index (χ2n) is 4.84. The number of carbonyl (C=O) groups excluding carboxylic acids is 3. The molecule has 0 bridgehead atoms. The first kappa shape index (κ1) is 15.0. The van der Waals surface area contributed by atoms with Crippen LogP contribution < -0.4 is 5.32 Å². The Labute approximate surface area is 122 Å². The Balaban J connectivity index is 2.22. The Morgan fingerprint density at radius 2 is 2.10 bits per heavy atom. The molecular weight excluding hydrogens is 272 g/mol. The van der Waals surface area contributed by atoms with Crippen molar-refractivity contribution in [3.8, 4) is 0 Å². The van der Waals surface area contributed by atoms with E-state index in [4.69, 9.17) is 0 Å². The van der Waals surface area contributed by atoms with Gasteiger partial charge in [0.1, 0.15) is 6.04 Å². The molecule has 1 fully saturated rings. The fourth-order valence-electron chi connectivity index (χ4n) is 2.36. The molecule has 7 nitrogen and oxygen atoms in total. The monoisotopic (exact) mass is 290 g/mol. The molecular formula is C14H18N4O3. The molecule has 0 spiro atoms. The minimum atomic E-state index is -0.680. The Hall–Kier alpha value is -2.44. The van der Waals surface area contributed by atoms with Crippen LogP contribution in [0.5, 0.6) is 0 Å². The van der Waals surface area contributed by atoms with Crippen molar-refractivity contribution in [1.29, 1.82) is 0 Å². The summed E-state index contributed by atoms with van der Waals surface area (Å²) in [6.07, 6.45) is 3.06. The number of nitrogens with one attached hydrogen (secondary N) is 1. The molecule has 0 saturated carbocycles. The molecule has 0 radical (unpaired) electrons. The number of hydrogen-bond donors (Lipinski definition) is 1. The summed E-state index contributed by atoms with van der Waals surface area (Å²) in [5.74, 6) is -0.629. The predicted molar refractivity (Wildman–Crippen MR) is 75.4 cm³/mol. The molecule has 0 aromatic carbocycles. The van der Waals surface area contributed by atoms with Crippen LogP contribution in [0.3, 0.4) is 0 Å². The van der Waals surface area contributed by atoms with Gasteiger partial charge >= 0.3 is 0 Å². The second-order valence-corrected chi connectivity index (χ2v) is 4.84. The molecule has 21 heavy (non-hydrogen) atoms. The number of aromatic nitrogens is 1. The number of rotatable bonds is 2. The molecule has 0 aliphatic carbocycles. The van der Waals surface area contributed by atoms with Crippen LogP contribution in [0.25, 0.3) is 0 Å². The van der Waals surface area contributed by atoms with E-state index < -0.39 is 6.04 Å². The van der Waals surface area contributed by atoms with Gasteiger partial charge in [0.25, 0.3) is 5.91 Å². The highest BCUT2D eigenvalue weighted by atomic mass is 16.2. The minimum absolute atomic E-state index is 0.0996. The van der Waals surface area contributed by atoms with E-state index in [1.165, 1.54) is 25.1 Å². The van der Waals surface area contributed by atoms with Crippen molar-refractivity contribution >= 4 is 17.7 Å². The molecule has 112 valence electrons. The van der Waals surface area contributed by atoms with Crippen molar-refractivity contribution in [2.45, 2.75) is 13.0 Å².